The molecule has 0 atom stereocenters. The fourth-order valence-corrected chi connectivity index (χ4v) is 5.87. The average Bonchev–Trinajstić information content (AvgIpc) is 2.95. The SMILES string of the molecule is CC(=Nc1c(C(C)C)cccc1C(C)C)N1C=[N+](C(=Nc2c(C)cc(C)cc2Cl)c2cc(C(F)(F)F)cc(C(F)(F)F)c2)CCC1. The topological polar surface area (TPSA) is 31.0 Å². The number of aryl methyl sites for hydroxylation is 2. The maximum absolute atomic E-state index is 13.9. The fourth-order valence-electron chi connectivity index (χ4n) is 5.50. The first kappa shape index (κ1) is 35.2. The molecule has 0 fully saturated rings. The van der Waals surface area contributed by atoms with Crippen molar-refractivity contribution < 1.29 is 30.9 Å². The molecule has 3 aromatic carbocycles. The maximum atomic E-state index is 13.9. The summed E-state index contributed by atoms with van der Waals surface area (Å²) in [4.78, 5) is 11.6. The van der Waals surface area contributed by atoms with Gasteiger partial charge in [0.2, 0.25) is 0 Å². The molecular formula is C35H38ClF6N4+. The molecule has 0 saturated carbocycles. The van der Waals surface area contributed by atoms with Gasteiger partial charge in [-0.2, -0.15) is 26.3 Å². The molecule has 4 nitrogen and oxygen atoms in total. The molecule has 246 valence electrons. The van der Waals surface area contributed by atoms with E-state index in [0.29, 0.717) is 43.0 Å². The molecule has 0 bridgehead atoms. The second-order valence-electron chi connectivity index (χ2n) is 12.3. The zero-order valence-corrected chi connectivity index (χ0v) is 27.7. The Morgan fingerprint density at radius 2 is 1.39 bits per heavy atom. The number of halogens is 7. The first-order valence-electron chi connectivity index (χ1n) is 15.1. The molecule has 1 heterocycles. The lowest BCUT2D eigenvalue weighted by atomic mass is 9.93. The van der Waals surface area contributed by atoms with Crippen LogP contribution < -0.4 is 0 Å². The van der Waals surface area contributed by atoms with E-state index < -0.39 is 23.5 Å². The normalized spacial score (nSPS) is 15.2. The van der Waals surface area contributed by atoms with Crippen LogP contribution in [0.3, 0.4) is 0 Å². The molecule has 1 aliphatic heterocycles. The number of hydrogen-bond acceptors (Lipinski definition) is 2. The van der Waals surface area contributed by atoms with E-state index in [2.05, 4.69) is 32.7 Å². The van der Waals surface area contributed by atoms with Gasteiger partial charge in [0.1, 0.15) is 0 Å². The summed E-state index contributed by atoms with van der Waals surface area (Å²) in [5, 5.41) is 0.233. The van der Waals surface area contributed by atoms with Crippen molar-refractivity contribution in [3.05, 3.63) is 92.5 Å². The van der Waals surface area contributed by atoms with Crippen LogP contribution in [0.5, 0.6) is 0 Å². The number of amidine groups is 2. The number of alkyl halides is 6. The van der Waals surface area contributed by atoms with Crippen LogP contribution in [0.25, 0.3) is 0 Å². The van der Waals surface area contributed by atoms with Gasteiger partial charge in [0.15, 0.2) is 17.9 Å². The third-order valence-corrected chi connectivity index (χ3v) is 8.13. The van der Waals surface area contributed by atoms with Gasteiger partial charge in [-0.05, 0) is 72.2 Å². The van der Waals surface area contributed by atoms with Crippen LogP contribution in [0.1, 0.15) is 91.8 Å². The molecule has 11 heteroatoms. The molecule has 1 aliphatic rings. The Labute approximate surface area is 271 Å². The van der Waals surface area contributed by atoms with Gasteiger partial charge in [-0.15, -0.1) is 4.99 Å². The molecule has 0 amide bonds. The first-order valence-corrected chi connectivity index (χ1v) is 15.5. The van der Waals surface area contributed by atoms with Crippen LogP contribution in [0.2, 0.25) is 5.02 Å². The maximum Gasteiger partial charge on any atom is 0.416 e. The van der Waals surface area contributed by atoms with Gasteiger partial charge in [-0.25, -0.2) is 9.57 Å². The lowest BCUT2D eigenvalue weighted by molar-refractivity contribution is -0.413. The highest BCUT2D eigenvalue weighted by molar-refractivity contribution is 6.33. The zero-order chi connectivity index (χ0) is 34.1. The number of nitrogens with zero attached hydrogens (tertiary/aromatic N) is 4. The third kappa shape index (κ3) is 8.00. The molecule has 0 N–H and O–H groups in total. The predicted octanol–water partition coefficient (Wildman–Crippen LogP) is 10.8. The van der Waals surface area contributed by atoms with Crippen molar-refractivity contribution in [2.24, 2.45) is 9.98 Å². The molecule has 0 aromatic heterocycles. The Morgan fingerprint density at radius 3 is 1.89 bits per heavy atom. The van der Waals surface area contributed by atoms with E-state index in [9.17, 15) is 26.3 Å². The van der Waals surface area contributed by atoms with Gasteiger partial charge < -0.3 is 0 Å². The highest BCUT2D eigenvalue weighted by Crippen LogP contribution is 2.38. The van der Waals surface area contributed by atoms with Crippen molar-refractivity contribution in [1.82, 2.24) is 4.90 Å². The average molecular weight is 664 g/mol. The van der Waals surface area contributed by atoms with Crippen LogP contribution in [0.15, 0.2) is 58.5 Å². The summed E-state index contributed by atoms with van der Waals surface area (Å²) in [7, 11) is 0. The smallest absolute Gasteiger partial charge is 0.254 e. The van der Waals surface area contributed by atoms with Crippen molar-refractivity contribution in [2.75, 3.05) is 13.1 Å². The Balaban J connectivity index is 1.95. The molecular weight excluding hydrogens is 626 g/mol. The summed E-state index contributed by atoms with van der Waals surface area (Å²) in [6, 6.07) is 11.1. The number of hydrogen-bond donors (Lipinski definition) is 0. The van der Waals surface area contributed by atoms with Gasteiger partial charge in [0.25, 0.3) is 5.84 Å². The standard InChI is InChI=1S/C35H38ClF6N4/c1-20(2)28-10-8-11-29(21(3)4)32(28)43-24(7)45-12-9-13-46(19-45)33(44-31-23(6)14-22(5)15-30(31)36)25-16-26(34(37,38)39)18-27(17-25)35(40,41)42/h8,10-11,14-21H,9,12-13H2,1-7H3/q+1. The summed E-state index contributed by atoms with van der Waals surface area (Å²) in [5.41, 5.74) is 1.57. The minimum absolute atomic E-state index is 0.0894. The quantitative estimate of drug-likeness (QED) is 0.116. The lowest BCUT2D eigenvalue weighted by Crippen LogP contribution is -2.41. The third-order valence-electron chi connectivity index (χ3n) is 7.84. The zero-order valence-electron chi connectivity index (χ0n) is 26.9. The highest BCUT2D eigenvalue weighted by Gasteiger charge is 2.38. The molecule has 0 aliphatic carbocycles. The van der Waals surface area contributed by atoms with Crippen molar-refractivity contribution in [3.63, 3.8) is 0 Å². The summed E-state index contributed by atoms with van der Waals surface area (Å²) in [6.45, 7) is 14.6. The lowest BCUT2D eigenvalue weighted by Gasteiger charge is -2.24. The molecule has 0 unspecified atom stereocenters. The van der Waals surface area contributed by atoms with Crippen LogP contribution in [-0.2, 0) is 12.4 Å². The second kappa shape index (κ2) is 13.6. The summed E-state index contributed by atoms with van der Waals surface area (Å²) in [5.74, 6) is 0.950. The largest absolute Gasteiger partial charge is 0.416 e. The van der Waals surface area contributed by atoms with Crippen LogP contribution in [-0.4, -0.2) is 40.6 Å². The van der Waals surface area contributed by atoms with Crippen molar-refractivity contribution in [3.8, 4) is 0 Å². The minimum atomic E-state index is -5.02. The molecule has 4 rings (SSSR count). The number of aliphatic imine (C=N–C) groups is 2. The summed E-state index contributed by atoms with van der Waals surface area (Å²) in [6.07, 6.45) is -7.84. The van der Waals surface area contributed by atoms with Gasteiger partial charge in [0.05, 0.1) is 40.5 Å². The number of rotatable bonds is 5. The number of benzene rings is 3. The Bertz CT molecular complexity index is 1620. The molecule has 0 saturated heterocycles. The van der Waals surface area contributed by atoms with Crippen LogP contribution in [0.4, 0.5) is 37.7 Å². The Kier molecular flexibility index (Phi) is 10.4. The van der Waals surface area contributed by atoms with Gasteiger partial charge >= 0.3 is 12.4 Å². The molecule has 0 radical (unpaired) electrons. The van der Waals surface area contributed by atoms with Gasteiger partial charge in [-0.1, -0.05) is 63.6 Å². The van der Waals surface area contributed by atoms with Crippen LogP contribution in [0, 0.1) is 13.8 Å². The van der Waals surface area contributed by atoms with E-state index in [0.717, 1.165) is 22.4 Å². The molecule has 3 aromatic rings. The first-order chi connectivity index (χ1) is 21.4. The minimum Gasteiger partial charge on any atom is -0.254 e. The van der Waals surface area contributed by atoms with E-state index in [4.69, 9.17) is 16.6 Å². The number of para-hydroxylation sites is 1. The summed E-state index contributed by atoms with van der Waals surface area (Å²) >= 11 is 6.54. The van der Waals surface area contributed by atoms with E-state index in [-0.39, 0.29) is 40.0 Å². The van der Waals surface area contributed by atoms with E-state index in [1.54, 1.807) is 30.0 Å². The monoisotopic (exact) mass is 663 g/mol. The Morgan fingerprint density at radius 1 is 0.826 bits per heavy atom. The van der Waals surface area contributed by atoms with Crippen molar-refractivity contribution >= 4 is 41.0 Å². The van der Waals surface area contributed by atoms with E-state index in [1.165, 1.54) is 0 Å². The highest BCUT2D eigenvalue weighted by atomic mass is 35.5. The predicted molar refractivity (Wildman–Crippen MR) is 173 cm³/mol. The second-order valence-corrected chi connectivity index (χ2v) is 12.7. The van der Waals surface area contributed by atoms with Gasteiger partial charge in [-0.3, -0.25) is 4.90 Å². The van der Waals surface area contributed by atoms with Gasteiger partial charge in [0, 0.05) is 13.3 Å². The van der Waals surface area contributed by atoms with E-state index >= 15 is 0 Å². The van der Waals surface area contributed by atoms with Crippen molar-refractivity contribution in [1.29, 1.82) is 0 Å². The fraction of sp³-hybridized carbons (Fsp3) is 0.400. The van der Waals surface area contributed by atoms with Crippen molar-refractivity contribution in [2.45, 2.75) is 79.1 Å². The Hall–Kier alpha value is -3.66. The van der Waals surface area contributed by atoms with E-state index in [1.807, 2.05) is 36.9 Å². The summed E-state index contributed by atoms with van der Waals surface area (Å²) < 4.78 is 85.1. The molecule has 46 heavy (non-hydrogen) atoms. The van der Waals surface area contributed by atoms with Crippen LogP contribution >= 0.6 is 11.6 Å². The molecule has 0 spiro atoms.